The number of nitro groups is 1. The van der Waals surface area contributed by atoms with Crippen LogP contribution >= 0.6 is 0 Å². The predicted octanol–water partition coefficient (Wildman–Crippen LogP) is 3.26. The van der Waals surface area contributed by atoms with E-state index in [1.807, 2.05) is 13.8 Å². The highest BCUT2D eigenvalue weighted by Gasteiger charge is 2.19. The first-order chi connectivity index (χ1) is 12.5. The molecule has 0 radical (unpaired) electrons. The van der Waals surface area contributed by atoms with Gasteiger partial charge in [-0.1, -0.05) is 30.3 Å². The third-order valence-corrected chi connectivity index (χ3v) is 4.02. The van der Waals surface area contributed by atoms with Crippen molar-refractivity contribution in [1.29, 1.82) is 0 Å². The first-order valence-electron chi connectivity index (χ1n) is 8.38. The van der Waals surface area contributed by atoms with Crippen LogP contribution in [0.3, 0.4) is 0 Å². The van der Waals surface area contributed by atoms with Crippen LogP contribution in [-0.2, 0) is 11.2 Å². The van der Waals surface area contributed by atoms with Crippen molar-refractivity contribution in [3.8, 4) is 0 Å². The maximum atomic E-state index is 12.6. The summed E-state index contributed by atoms with van der Waals surface area (Å²) in [6, 6.07) is 12.9. The molecular formula is C19H21N3O4. The van der Waals surface area contributed by atoms with E-state index in [1.54, 1.807) is 47.4 Å². The van der Waals surface area contributed by atoms with Crippen molar-refractivity contribution >= 4 is 23.2 Å². The third-order valence-electron chi connectivity index (χ3n) is 4.02. The van der Waals surface area contributed by atoms with E-state index in [4.69, 9.17) is 0 Å². The molecule has 0 atom stereocenters. The van der Waals surface area contributed by atoms with Crippen molar-refractivity contribution in [3.63, 3.8) is 0 Å². The van der Waals surface area contributed by atoms with E-state index in [9.17, 15) is 19.7 Å². The first-order valence-corrected chi connectivity index (χ1v) is 8.38. The van der Waals surface area contributed by atoms with Crippen molar-refractivity contribution in [2.24, 2.45) is 0 Å². The number of nitrogens with one attached hydrogen (secondary N) is 1. The van der Waals surface area contributed by atoms with E-state index < -0.39 is 10.8 Å². The van der Waals surface area contributed by atoms with Crippen LogP contribution in [0.15, 0.2) is 48.5 Å². The molecule has 0 fully saturated rings. The highest BCUT2D eigenvalue weighted by Crippen LogP contribution is 2.21. The summed E-state index contributed by atoms with van der Waals surface area (Å²) < 4.78 is 0. The lowest BCUT2D eigenvalue weighted by Crippen LogP contribution is -2.31. The summed E-state index contributed by atoms with van der Waals surface area (Å²) >= 11 is 0. The maximum Gasteiger partial charge on any atom is 0.273 e. The van der Waals surface area contributed by atoms with Gasteiger partial charge in [-0.3, -0.25) is 19.7 Å². The lowest BCUT2D eigenvalue weighted by molar-refractivity contribution is -0.385. The summed E-state index contributed by atoms with van der Waals surface area (Å²) in [4.78, 5) is 37.2. The van der Waals surface area contributed by atoms with E-state index in [0.717, 1.165) is 0 Å². The molecule has 0 heterocycles. The summed E-state index contributed by atoms with van der Waals surface area (Å²) in [6.45, 7) is 4.90. The number of carbonyl (C=O) groups excluding carboxylic acids is 2. The van der Waals surface area contributed by atoms with Crippen LogP contribution in [0.2, 0.25) is 0 Å². The van der Waals surface area contributed by atoms with Gasteiger partial charge in [-0.05, 0) is 26.0 Å². The Bertz CT molecular complexity index is 816. The second kappa shape index (κ2) is 8.75. The van der Waals surface area contributed by atoms with Crippen molar-refractivity contribution in [2.75, 3.05) is 18.4 Å². The fraction of sp³-hybridized carbons (Fsp3) is 0.263. The smallest absolute Gasteiger partial charge is 0.273 e. The Balaban J connectivity index is 2.21. The van der Waals surface area contributed by atoms with E-state index in [0.29, 0.717) is 29.9 Å². The largest absolute Gasteiger partial charge is 0.339 e. The van der Waals surface area contributed by atoms with Gasteiger partial charge < -0.3 is 10.2 Å². The van der Waals surface area contributed by atoms with Crippen LogP contribution in [0.4, 0.5) is 11.4 Å². The van der Waals surface area contributed by atoms with Gasteiger partial charge in [-0.15, -0.1) is 0 Å². The lowest BCUT2D eigenvalue weighted by Gasteiger charge is -2.20. The molecule has 0 saturated heterocycles. The average Bonchev–Trinajstić information content (AvgIpc) is 2.63. The van der Waals surface area contributed by atoms with E-state index >= 15 is 0 Å². The topological polar surface area (TPSA) is 92.6 Å². The number of carbonyl (C=O) groups is 2. The number of nitrogens with zero attached hydrogens (tertiary/aromatic N) is 2. The van der Waals surface area contributed by atoms with Crippen LogP contribution in [0.5, 0.6) is 0 Å². The fourth-order valence-corrected chi connectivity index (χ4v) is 2.67. The zero-order valence-corrected chi connectivity index (χ0v) is 14.8. The van der Waals surface area contributed by atoms with Gasteiger partial charge in [0.25, 0.3) is 11.6 Å². The van der Waals surface area contributed by atoms with Crippen LogP contribution < -0.4 is 5.32 Å². The number of rotatable bonds is 7. The molecule has 7 heteroatoms. The Labute approximate surface area is 151 Å². The molecule has 0 aliphatic carbocycles. The van der Waals surface area contributed by atoms with Crippen LogP contribution in [0.25, 0.3) is 0 Å². The van der Waals surface area contributed by atoms with Crippen LogP contribution in [0.1, 0.15) is 29.8 Å². The van der Waals surface area contributed by atoms with E-state index in [1.165, 1.54) is 6.07 Å². The quantitative estimate of drug-likeness (QED) is 0.609. The molecule has 0 unspecified atom stereocenters. The molecule has 0 aromatic heterocycles. The molecule has 0 spiro atoms. The molecule has 7 nitrogen and oxygen atoms in total. The van der Waals surface area contributed by atoms with E-state index in [2.05, 4.69) is 5.32 Å². The minimum Gasteiger partial charge on any atom is -0.339 e. The van der Waals surface area contributed by atoms with Gasteiger partial charge in [-0.2, -0.15) is 0 Å². The van der Waals surface area contributed by atoms with Gasteiger partial charge in [0.15, 0.2) is 0 Å². The molecule has 0 aliphatic rings. The van der Waals surface area contributed by atoms with Gasteiger partial charge in [0.1, 0.15) is 0 Å². The summed E-state index contributed by atoms with van der Waals surface area (Å²) in [7, 11) is 0. The van der Waals surface area contributed by atoms with Gasteiger partial charge >= 0.3 is 0 Å². The summed E-state index contributed by atoms with van der Waals surface area (Å²) in [6.07, 6.45) is -0.148. The number of anilines is 1. The monoisotopic (exact) mass is 355 g/mol. The van der Waals surface area contributed by atoms with E-state index in [-0.39, 0.29) is 18.0 Å². The molecule has 0 saturated carbocycles. The number of nitro benzene ring substituents is 1. The summed E-state index contributed by atoms with van der Waals surface area (Å²) in [5.74, 6) is -0.587. The van der Waals surface area contributed by atoms with Crippen LogP contribution in [-0.4, -0.2) is 34.7 Å². The summed E-state index contributed by atoms with van der Waals surface area (Å²) in [5.41, 5.74) is 1.01. The van der Waals surface area contributed by atoms with Crippen molar-refractivity contribution in [1.82, 2.24) is 4.90 Å². The number of amides is 2. The molecule has 2 aromatic carbocycles. The molecular weight excluding hydrogens is 334 g/mol. The second-order valence-electron chi connectivity index (χ2n) is 5.63. The Morgan fingerprint density at radius 2 is 1.65 bits per heavy atom. The van der Waals surface area contributed by atoms with Gasteiger partial charge in [0, 0.05) is 24.7 Å². The molecule has 1 N–H and O–H groups in total. The highest BCUT2D eigenvalue weighted by molar-refractivity contribution is 6.04. The Morgan fingerprint density at radius 1 is 1.04 bits per heavy atom. The number of hydrogen-bond donors (Lipinski definition) is 1. The Kier molecular flexibility index (Phi) is 6.43. The Hall–Kier alpha value is -3.22. The zero-order chi connectivity index (χ0) is 19.1. The Morgan fingerprint density at radius 3 is 2.31 bits per heavy atom. The molecule has 2 amide bonds. The number of hydrogen-bond acceptors (Lipinski definition) is 4. The molecule has 0 aliphatic heterocycles. The summed E-state index contributed by atoms with van der Waals surface area (Å²) in [5, 5.41) is 13.8. The molecule has 2 rings (SSSR count). The maximum absolute atomic E-state index is 12.6. The predicted molar refractivity (Wildman–Crippen MR) is 99.1 cm³/mol. The molecule has 26 heavy (non-hydrogen) atoms. The van der Waals surface area contributed by atoms with Gasteiger partial charge in [-0.25, -0.2) is 0 Å². The molecule has 2 aromatic rings. The van der Waals surface area contributed by atoms with Gasteiger partial charge in [0.2, 0.25) is 5.91 Å². The fourth-order valence-electron chi connectivity index (χ4n) is 2.67. The first kappa shape index (κ1) is 19.1. The van der Waals surface area contributed by atoms with Crippen molar-refractivity contribution in [2.45, 2.75) is 20.3 Å². The third kappa shape index (κ3) is 4.44. The SMILES string of the molecule is CCN(CC)C(=O)c1ccccc1NC(=O)Cc1ccccc1[N+](=O)[O-]. The highest BCUT2D eigenvalue weighted by atomic mass is 16.6. The normalized spacial score (nSPS) is 10.2. The van der Waals surface area contributed by atoms with Gasteiger partial charge in [0.05, 0.1) is 22.6 Å². The lowest BCUT2D eigenvalue weighted by atomic mass is 10.1. The minimum absolute atomic E-state index is 0.102. The number of para-hydroxylation sites is 2. The van der Waals surface area contributed by atoms with Crippen molar-refractivity contribution < 1.29 is 14.5 Å². The second-order valence-corrected chi connectivity index (χ2v) is 5.63. The minimum atomic E-state index is -0.513. The van der Waals surface area contributed by atoms with Crippen molar-refractivity contribution in [3.05, 3.63) is 69.8 Å². The average molecular weight is 355 g/mol. The zero-order valence-electron chi connectivity index (χ0n) is 14.8. The molecule has 0 bridgehead atoms. The molecule has 136 valence electrons. The number of benzene rings is 2. The standard InChI is InChI=1S/C19H21N3O4/c1-3-21(4-2)19(24)15-10-6-7-11-16(15)20-18(23)13-14-9-5-8-12-17(14)22(25)26/h5-12H,3-4,13H2,1-2H3,(H,20,23). The van der Waals surface area contributed by atoms with Crippen LogP contribution in [0, 0.1) is 10.1 Å².